The van der Waals surface area contributed by atoms with Crippen LogP contribution < -0.4 is 20.1 Å². The molecule has 4 aromatic rings. The Hall–Kier alpha value is -4.89. The molecule has 7 nitrogen and oxygen atoms in total. The fourth-order valence-corrected chi connectivity index (χ4v) is 4.54. The van der Waals surface area contributed by atoms with Gasteiger partial charge in [-0.1, -0.05) is 18.2 Å². The van der Waals surface area contributed by atoms with Crippen LogP contribution in [0.3, 0.4) is 0 Å². The maximum atomic E-state index is 13.4. The number of methoxy groups -OCH3 is 2. The highest BCUT2D eigenvalue weighted by atomic mass is 32.2. The molecule has 0 aromatic heterocycles. The molecule has 0 saturated heterocycles. The van der Waals surface area contributed by atoms with E-state index in [0.29, 0.717) is 33.9 Å². The van der Waals surface area contributed by atoms with Gasteiger partial charge in [0.2, 0.25) is 0 Å². The first-order valence-electron chi connectivity index (χ1n) is 12.5. The molecule has 0 radical (unpaired) electrons. The number of carbonyl (C=O) groups is 3. The number of nitrogens with one attached hydrogen (secondary N) is 2. The second kappa shape index (κ2) is 14.0. The summed E-state index contributed by atoms with van der Waals surface area (Å²) in [6.07, 6.45) is 1.52. The predicted octanol–water partition coefficient (Wildman–Crippen LogP) is 6.23. The number of ether oxygens (including phenoxy) is 2. The van der Waals surface area contributed by atoms with E-state index in [1.165, 1.54) is 56.3 Å². The Balaban J connectivity index is 1.50. The number of rotatable bonds is 11. The molecule has 9 heteroatoms. The van der Waals surface area contributed by atoms with Crippen LogP contribution in [0.25, 0.3) is 6.08 Å². The van der Waals surface area contributed by atoms with Crippen LogP contribution in [0, 0.1) is 5.82 Å². The lowest BCUT2D eigenvalue weighted by Gasteiger charge is -2.13. The maximum absolute atomic E-state index is 13.4. The first kappa shape index (κ1) is 29.1. The normalized spacial score (nSPS) is 11.0. The number of thioether (sulfide) groups is 1. The van der Waals surface area contributed by atoms with E-state index < -0.39 is 17.6 Å². The largest absolute Gasteiger partial charge is 0.497 e. The lowest BCUT2D eigenvalue weighted by atomic mass is 10.1. The molecule has 0 atom stereocenters. The smallest absolute Gasteiger partial charge is 0.272 e. The first-order chi connectivity index (χ1) is 19.9. The quantitative estimate of drug-likeness (QED) is 0.126. The van der Waals surface area contributed by atoms with Gasteiger partial charge in [-0.05, 0) is 84.9 Å². The highest BCUT2D eigenvalue weighted by Crippen LogP contribution is 2.27. The zero-order valence-electron chi connectivity index (χ0n) is 22.3. The highest BCUT2D eigenvalue weighted by Gasteiger charge is 2.17. The molecule has 41 heavy (non-hydrogen) atoms. The second-order valence-corrected chi connectivity index (χ2v) is 9.73. The average Bonchev–Trinajstić information content (AvgIpc) is 3.00. The van der Waals surface area contributed by atoms with Crippen molar-refractivity contribution in [3.63, 3.8) is 0 Å². The third kappa shape index (κ3) is 8.06. The van der Waals surface area contributed by atoms with Crippen molar-refractivity contribution in [1.82, 2.24) is 5.32 Å². The van der Waals surface area contributed by atoms with Crippen molar-refractivity contribution < 1.29 is 28.2 Å². The van der Waals surface area contributed by atoms with Crippen molar-refractivity contribution >= 4 is 41.1 Å². The molecule has 0 aliphatic carbocycles. The van der Waals surface area contributed by atoms with E-state index in [-0.39, 0.29) is 17.2 Å². The summed E-state index contributed by atoms with van der Waals surface area (Å²) in [6, 6.07) is 26.1. The van der Waals surface area contributed by atoms with Crippen LogP contribution in [0.1, 0.15) is 26.3 Å². The molecular formula is C32H27FN2O5S. The molecule has 0 spiro atoms. The van der Waals surface area contributed by atoms with Crippen LogP contribution in [-0.4, -0.2) is 37.6 Å². The summed E-state index contributed by atoms with van der Waals surface area (Å²) < 4.78 is 23.9. The average molecular weight is 571 g/mol. The maximum Gasteiger partial charge on any atom is 0.272 e. The number of hydrogen-bond acceptors (Lipinski definition) is 6. The van der Waals surface area contributed by atoms with Gasteiger partial charge >= 0.3 is 0 Å². The van der Waals surface area contributed by atoms with E-state index >= 15 is 0 Å². The fraction of sp³-hybridized carbons (Fsp3) is 0.0938. The van der Waals surface area contributed by atoms with Gasteiger partial charge in [0.25, 0.3) is 11.8 Å². The molecule has 2 amide bonds. The van der Waals surface area contributed by atoms with Crippen LogP contribution >= 0.6 is 11.8 Å². The summed E-state index contributed by atoms with van der Waals surface area (Å²) in [5, 5.41) is 5.51. The number of amides is 2. The van der Waals surface area contributed by atoms with Gasteiger partial charge in [-0.3, -0.25) is 14.4 Å². The van der Waals surface area contributed by atoms with Crippen molar-refractivity contribution in [2.45, 2.75) is 4.90 Å². The van der Waals surface area contributed by atoms with E-state index in [4.69, 9.17) is 9.47 Å². The molecule has 4 rings (SSSR count). The summed E-state index contributed by atoms with van der Waals surface area (Å²) >= 11 is 1.33. The SMILES string of the molecule is COc1ccc(OC)c(/C=C(\NC(=O)c2ccccc2)C(=O)Nc2ccc(SCC(=O)c3ccc(F)cc3)cc2)c1. The number of Topliss-reactive ketones (excluding diaryl/α,β-unsaturated/α-hetero) is 1. The summed E-state index contributed by atoms with van der Waals surface area (Å²) in [7, 11) is 3.04. The minimum absolute atomic E-state index is 0.00579. The van der Waals surface area contributed by atoms with Crippen LogP contribution in [0.2, 0.25) is 0 Å². The Kier molecular flexibility index (Phi) is 9.90. The molecule has 0 saturated carbocycles. The van der Waals surface area contributed by atoms with E-state index in [9.17, 15) is 18.8 Å². The molecule has 208 valence electrons. The number of halogens is 1. The third-order valence-corrected chi connectivity index (χ3v) is 6.93. The van der Waals surface area contributed by atoms with Crippen LogP contribution in [0.15, 0.2) is 108 Å². The zero-order valence-corrected chi connectivity index (χ0v) is 23.2. The molecule has 4 aromatic carbocycles. The minimum Gasteiger partial charge on any atom is -0.497 e. The van der Waals surface area contributed by atoms with Gasteiger partial charge in [-0.25, -0.2) is 4.39 Å². The lowest BCUT2D eigenvalue weighted by Crippen LogP contribution is -2.30. The van der Waals surface area contributed by atoms with Crippen molar-refractivity contribution in [3.8, 4) is 11.5 Å². The van der Waals surface area contributed by atoms with Crippen molar-refractivity contribution in [2.24, 2.45) is 0 Å². The van der Waals surface area contributed by atoms with Crippen LogP contribution in [0.5, 0.6) is 11.5 Å². The van der Waals surface area contributed by atoms with E-state index in [2.05, 4.69) is 10.6 Å². The van der Waals surface area contributed by atoms with Gasteiger partial charge < -0.3 is 20.1 Å². The molecule has 0 bridgehead atoms. The van der Waals surface area contributed by atoms with Crippen LogP contribution in [-0.2, 0) is 4.79 Å². The molecule has 0 aliphatic heterocycles. The Morgan fingerprint density at radius 1 is 0.829 bits per heavy atom. The Morgan fingerprint density at radius 2 is 1.54 bits per heavy atom. The van der Waals surface area contributed by atoms with Gasteiger partial charge in [-0.2, -0.15) is 0 Å². The minimum atomic E-state index is -0.550. The number of ketones is 1. The van der Waals surface area contributed by atoms with Gasteiger partial charge in [0.05, 0.1) is 20.0 Å². The fourth-order valence-electron chi connectivity index (χ4n) is 3.75. The molecular weight excluding hydrogens is 543 g/mol. The monoisotopic (exact) mass is 570 g/mol. The Bertz CT molecular complexity index is 1560. The number of carbonyl (C=O) groups excluding carboxylic acids is 3. The standard InChI is InChI=1S/C32H27FN2O5S/c1-39-26-14-17-30(40-2)23(18-26)19-28(35-31(37)22-6-4-3-5-7-22)32(38)34-25-12-15-27(16-13-25)41-20-29(36)21-8-10-24(33)11-9-21/h3-19H,20H2,1-2H3,(H,34,38)(H,35,37)/b28-19-. The topological polar surface area (TPSA) is 93.7 Å². The summed E-state index contributed by atoms with van der Waals surface area (Å²) in [4.78, 5) is 39.5. The number of hydrogen-bond donors (Lipinski definition) is 2. The van der Waals surface area contributed by atoms with Crippen LogP contribution in [0.4, 0.5) is 10.1 Å². The summed E-state index contributed by atoms with van der Waals surface area (Å²) in [5.41, 5.74) is 1.84. The predicted molar refractivity (Wildman–Crippen MR) is 158 cm³/mol. The Morgan fingerprint density at radius 3 is 2.20 bits per heavy atom. The third-order valence-electron chi connectivity index (χ3n) is 5.91. The number of anilines is 1. The highest BCUT2D eigenvalue weighted by molar-refractivity contribution is 8.00. The second-order valence-electron chi connectivity index (χ2n) is 8.68. The molecule has 2 N–H and O–H groups in total. The molecule has 0 fully saturated rings. The zero-order chi connectivity index (χ0) is 29.2. The van der Waals surface area contributed by atoms with E-state index in [0.717, 1.165) is 4.90 Å². The summed E-state index contributed by atoms with van der Waals surface area (Å²) in [5.74, 6) is -0.300. The lowest BCUT2D eigenvalue weighted by molar-refractivity contribution is -0.113. The number of benzene rings is 4. The first-order valence-corrected chi connectivity index (χ1v) is 13.5. The molecule has 0 aliphatic rings. The molecule has 0 unspecified atom stereocenters. The van der Waals surface area contributed by atoms with Crippen molar-refractivity contribution in [2.75, 3.05) is 25.3 Å². The van der Waals surface area contributed by atoms with Gasteiger partial charge in [-0.15, -0.1) is 11.8 Å². The van der Waals surface area contributed by atoms with E-state index in [1.54, 1.807) is 72.8 Å². The Labute approximate surface area is 241 Å². The summed E-state index contributed by atoms with van der Waals surface area (Å²) in [6.45, 7) is 0. The van der Waals surface area contributed by atoms with Gasteiger partial charge in [0, 0.05) is 27.3 Å². The van der Waals surface area contributed by atoms with Gasteiger partial charge in [0.15, 0.2) is 5.78 Å². The van der Waals surface area contributed by atoms with Crippen molar-refractivity contribution in [1.29, 1.82) is 0 Å². The molecule has 0 heterocycles. The van der Waals surface area contributed by atoms with E-state index in [1.807, 2.05) is 0 Å². The van der Waals surface area contributed by atoms with Gasteiger partial charge in [0.1, 0.15) is 23.0 Å². The van der Waals surface area contributed by atoms with Crippen molar-refractivity contribution in [3.05, 3.63) is 125 Å².